The molecule has 34 heavy (non-hydrogen) atoms. The van der Waals surface area contributed by atoms with Crippen LogP contribution in [0.2, 0.25) is 0 Å². The number of rotatable bonds is 6. The van der Waals surface area contributed by atoms with Gasteiger partial charge < -0.3 is 15.5 Å². The lowest BCUT2D eigenvalue weighted by atomic mass is 9.96. The van der Waals surface area contributed by atoms with Gasteiger partial charge in [-0.25, -0.2) is 8.78 Å². The molecule has 0 spiro atoms. The Morgan fingerprint density at radius 3 is 1.74 bits per heavy atom. The summed E-state index contributed by atoms with van der Waals surface area (Å²) in [6.45, 7) is 3.63. The van der Waals surface area contributed by atoms with Crippen LogP contribution < -0.4 is 5.73 Å². The van der Waals surface area contributed by atoms with Gasteiger partial charge in [0.25, 0.3) is 0 Å². The van der Waals surface area contributed by atoms with Crippen molar-refractivity contribution in [3.63, 3.8) is 0 Å². The van der Waals surface area contributed by atoms with Crippen LogP contribution in [0.25, 0.3) is 0 Å². The number of likely N-dealkylation sites (tertiary alicyclic amines) is 1. The van der Waals surface area contributed by atoms with Crippen molar-refractivity contribution in [1.29, 1.82) is 0 Å². The third kappa shape index (κ3) is 5.80. The van der Waals surface area contributed by atoms with Crippen LogP contribution in [0.4, 0.5) is 8.78 Å². The molecule has 6 nitrogen and oxygen atoms in total. The van der Waals surface area contributed by atoms with Crippen LogP contribution in [0.15, 0.2) is 48.5 Å². The Hall–Kier alpha value is -2.84. The van der Waals surface area contributed by atoms with Crippen molar-refractivity contribution in [1.82, 2.24) is 14.7 Å². The number of halogens is 2. The van der Waals surface area contributed by atoms with Gasteiger partial charge in [-0.3, -0.25) is 14.5 Å². The Morgan fingerprint density at radius 1 is 0.735 bits per heavy atom. The van der Waals surface area contributed by atoms with E-state index in [1.807, 2.05) is 0 Å². The molecule has 2 N–H and O–H groups in total. The average Bonchev–Trinajstić information content (AvgIpc) is 2.87. The number of piperazine rings is 1. The lowest BCUT2D eigenvalue weighted by Gasteiger charge is -2.40. The summed E-state index contributed by atoms with van der Waals surface area (Å²) in [5.74, 6) is -0.878. The van der Waals surface area contributed by atoms with Gasteiger partial charge in [0, 0.05) is 39.3 Å². The van der Waals surface area contributed by atoms with E-state index in [2.05, 4.69) is 4.90 Å². The Labute approximate surface area is 199 Å². The molecule has 2 aliphatic heterocycles. The van der Waals surface area contributed by atoms with Crippen LogP contribution in [-0.4, -0.2) is 71.8 Å². The molecule has 4 rings (SSSR count). The molecule has 1 atom stereocenters. The number of carbonyl (C=O) groups is 2. The molecule has 0 unspecified atom stereocenters. The maximum Gasteiger partial charge on any atom is 0.240 e. The van der Waals surface area contributed by atoms with Gasteiger partial charge in [-0.15, -0.1) is 0 Å². The summed E-state index contributed by atoms with van der Waals surface area (Å²) in [6, 6.07) is 11.7. The fourth-order valence-corrected chi connectivity index (χ4v) is 4.89. The van der Waals surface area contributed by atoms with Crippen molar-refractivity contribution in [3.8, 4) is 0 Å². The van der Waals surface area contributed by atoms with E-state index >= 15 is 0 Å². The van der Waals surface area contributed by atoms with E-state index in [9.17, 15) is 18.4 Å². The monoisotopic (exact) mass is 470 g/mol. The van der Waals surface area contributed by atoms with Crippen LogP contribution >= 0.6 is 0 Å². The second kappa shape index (κ2) is 11.1. The summed E-state index contributed by atoms with van der Waals surface area (Å²) in [6.07, 6.45) is 3.10. The second-order valence-electron chi connectivity index (χ2n) is 9.12. The predicted molar refractivity (Wildman–Crippen MR) is 126 cm³/mol. The van der Waals surface area contributed by atoms with Crippen molar-refractivity contribution < 1.29 is 18.4 Å². The van der Waals surface area contributed by atoms with Crippen LogP contribution in [0, 0.1) is 11.6 Å². The van der Waals surface area contributed by atoms with Crippen molar-refractivity contribution in [2.24, 2.45) is 5.73 Å². The van der Waals surface area contributed by atoms with Crippen LogP contribution in [-0.2, 0) is 9.59 Å². The number of piperidine rings is 1. The van der Waals surface area contributed by atoms with Crippen LogP contribution in [0.1, 0.15) is 42.9 Å². The van der Waals surface area contributed by atoms with Gasteiger partial charge in [-0.1, -0.05) is 24.3 Å². The molecule has 182 valence electrons. The molecule has 0 radical (unpaired) electrons. The first-order valence-corrected chi connectivity index (χ1v) is 12.0. The normalized spacial score (nSPS) is 18.2. The highest BCUT2D eigenvalue weighted by Crippen LogP contribution is 2.30. The molecule has 0 aliphatic carbocycles. The fourth-order valence-electron chi connectivity index (χ4n) is 4.89. The molecule has 2 aromatic rings. The van der Waals surface area contributed by atoms with Crippen LogP contribution in [0.5, 0.6) is 0 Å². The van der Waals surface area contributed by atoms with Crippen molar-refractivity contribution in [2.75, 3.05) is 39.3 Å². The van der Waals surface area contributed by atoms with Crippen molar-refractivity contribution in [3.05, 3.63) is 71.3 Å². The minimum Gasteiger partial charge on any atom is -0.341 e. The van der Waals surface area contributed by atoms with Gasteiger partial charge in [0.05, 0.1) is 18.5 Å². The number of carbonyl (C=O) groups excluding carboxylic acids is 2. The minimum atomic E-state index is -0.810. The molecule has 2 aliphatic rings. The summed E-state index contributed by atoms with van der Waals surface area (Å²) >= 11 is 0. The van der Waals surface area contributed by atoms with Gasteiger partial charge in [-0.2, -0.15) is 0 Å². The zero-order chi connectivity index (χ0) is 24.1. The summed E-state index contributed by atoms with van der Waals surface area (Å²) in [4.78, 5) is 31.2. The molecule has 2 aromatic carbocycles. The smallest absolute Gasteiger partial charge is 0.240 e. The van der Waals surface area contributed by atoms with E-state index in [-0.39, 0.29) is 35.9 Å². The molecule has 0 bridgehead atoms. The van der Waals surface area contributed by atoms with Crippen molar-refractivity contribution >= 4 is 11.8 Å². The Morgan fingerprint density at radius 2 is 1.24 bits per heavy atom. The topological polar surface area (TPSA) is 69.9 Å². The van der Waals surface area contributed by atoms with E-state index in [4.69, 9.17) is 5.73 Å². The Balaban J connectivity index is 1.39. The number of hydrogen-bond donors (Lipinski definition) is 1. The van der Waals surface area contributed by atoms with E-state index in [1.165, 1.54) is 24.3 Å². The lowest BCUT2D eigenvalue weighted by Crippen LogP contribution is -2.52. The number of amides is 2. The molecule has 2 saturated heterocycles. The average molecular weight is 471 g/mol. The SMILES string of the molecule is N[C@@H](CC(=O)N1CCN(C(c2ccc(F)cc2)c2ccc(F)cc2)CC1)C(=O)N1CCCCC1. The highest BCUT2D eigenvalue weighted by Gasteiger charge is 2.31. The first-order chi connectivity index (χ1) is 16.4. The number of nitrogens with zero attached hydrogens (tertiary/aromatic N) is 3. The highest BCUT2D eigenvalue weighted by molar-refractivity contribution is 5.88. The first kappa shape index (κ1) is 24.3. The van der Waals surface area contributed by atoms with Crippen LogP contribution in [0.3, 0.4) is 0 Å². The second-order valence-corrected chi connectivity index (χ2v) is 9.12. The minimum absolute atomic E-state index is 0.00862. The predicted octanol–water partition coefficient (Wildman–Crippen LogP) is 2.93. The van der Waals surface area contributed by atoms with E-state index in [0.717, 1.165) is 30.4 Å². The van der Waals surface area contributed by atoms with E-state index < -0.39 is 6.04 Å². The van der Waals surface area contributed by atoms with E-state index in [0.29, 0.717) is 39.3 Å². The first-order valence-electron chi connectivity index (χ1n) is 12.0. The van der Waals surface area contributed by atoms with Gasteiger partial charge in [0.1, 0.15) is 11.6 Å². The summed E-state index contributed by atoms with van der Waals surface area (Å²) in [5.41, 5.74) is 7.91. The summed E-state index contributed by atoms with van der Waals surface area (Å²) in [5, 5.41) is 0. The summed E-state index contributed by atoms with van der Waals surface area (Å²) in [7, 11) is 0. The number of nitrogens with two attached hydrogens (primary N) is 1. The van der Waals surface area contributed by atoms with Gasteiger partial charge in [0.2, 0.25) is 11.8 Å². The standard InChI is InChI=1S/C26H32F2N4O2/c27-21-8-4-19(5-9-21)25(20-6-10-22(28)11-7-20)31-16-14-30(15-17-31)24(33)18-23(29)26(34)32-12-2-1-3-13-32/h4-11,23,25H,1-3,12-18,29H2/t23-/m0/s1. The molecule has 2 fully saturated rings. The largest absolute Gasteiger partial charge is 0.341 e. The third-order valence-corrected chi connectivity index (χ3v) is 6.78. The molecule has 0 aromatic heterocycles. The molecule has 2 amide bonds. The molecule has 8 heteroatoms. The Bertz CT molecular complexity index is 924. The van der Waals surface area contributed by atoms with Gasteiger partial charge in [0.15, 0.2) is 0 Å². The molecule has 0 saturated carbocycles. The Kier molecular flexibility index (Phi) is 7.90. The van der Waals surface area contributed by atoms with Gasteiger partial charge in [-0.05, 0) is 54.7 Å². The molecular formula is C26H32F2N4O2. The third-order valence-electron chi connectivity index (χ3n) is 6.78. The zero-order valence-corrected chi connectivity index (χ0v) is 19.3. The maximum absolute atomic E-state index is 13.5. The number of hydrogen-bond acceptors (Lipinski definition) is 4. The molecular weight excluding hydrogens is 438 g/mol. The van der Waals surface area contributed by atoms with Gasteiger partial charge >= 0.3 is 0 Å². The molecule has 2 heterocycles. The zero-order valence-electron chi connectivity index (χ0n) is 19.3. The lowest BCUT2D eigenvalue weighted by molar-refractivity contribution is -0.139. The van der Waals surface area contributed by atoms with Crippen molar-refractivity contribution in [2.45, 2.75) is 37.8 Å². The fraction of sp³-hybridized carbons (Fsp3) is 0.462. The summed E-state index contributed by atoms with van der Waals surface area (Å²) < 4.78 is 27.0. The van der Waals surface area contributed by atoms with E-state index in [1.54, 1.807) is 34.1 Å². The maximum atomic E-state index is 13.5. The number of benzene rings is 2. The highest BCUT2D eigenvalue weighted by atomic mass is 19.1. The quantitative estimate of drug-likeness (QED) is 0.705.